The number of allylic oxidation sites excluding steroid dienone is 1. The maximum absolute atomic E-state index is 12.4. The van der Waals surface area contributed by atoms with Crippen molar-refractivity contribution < 1.29 is 13.9 Å². The molecule has 1 aromatic carbocycles. The second kappa shape index (κ2) is 7.75. The molecule has 0 bridgehead atoms. The van der Waals surface area contributed by atoms with E-state index in [1.165, 1.54) is 6.08 Å². The van der Waals surface area contributed by atoms with Crippen molar-refractivity contribution in [2.75, 3.05) is 0 Å². The van der Waals surface area contributed by atoms with Gasteiger partial charge in [-0.1, -0.05) is 0 Å². The smallest absolute Gasteiger partial charge is 0.189 e. The molecule has 0 saturated heterocycles. The van der Waals surface area contributed by atoms with E-state index in [-0.39, 0.29) is 12.4 Å². The van der Waals surface area contributed by atoms with E-state index in [2.05, 4.69) is 11.2 Å². The minimum Gasteiger partial charge on any atom is -0.486 e. The number of aromatic nitrogens is 2. The maximum atomic E-state index is 12.4. The van der Waals surface area contributed by atoms with E-state index in [9.17, 15) is 4.79 Å². The van der Waals surface area contributed by atoms with Gasteiger partial charge in [0.1, 0.15) is 23.9 Å². The SMILES string of the molecule is Cc1nn(C)c(C)c1C(=O)/C=C/c1ccc(COc2ccc(C#N)cc2)o1. The van der Waals surface area contributed by atoms with Gasteiger partial charge < -0.3 is 9.15 Å². The molecule has 0 radical (unpaired) electrons. The highest BCUT2D eigenvalue weighted by molar-refractivity contribution is 6.08. The molecule has 0 atom stereocenters. The van der Waals surface area contributed by atoms with Gasteiger partial charge in [-0.25, -0.2) is 0 Å². The van der Waals surface area contributed by atoms with Gasteiger partial charge in [0, 0.05) is 12.7 Å². The summed E-state index contributed by atoms with van der Waals surface area (Å²) in [5.41, 5.74) is 2.74. The number of nitrogens with zero attached hydrogens (tertiary/aromatic N) is 3. The van der Waals surface area contributed by atoms with Crippen LogP contribution in [-0.2, 0) is 13.7 Å². The number of hydrogen-bond acceptors (Lipinski definition) is 5. The molecular weight excluding hydrogens is 342 g/mol. The zero-order chi connectivity index (χ0) is 19.4. The summed E-state index contributed by atoms with van der Waals surface area (Å²) in [4.78, 5) is 12.4. The molecule has 2 heterocycles. The molecule has 3 rings (SSSR count). The average molecular weight is 361 g/mol. The van der Waals surface area contributed by atoms with E-state index in [4.69, 9.17) is 14.4 Å². The lowest BCUT2D eigenvalue weighted by Crippen LogP contribution is -1.99. The van der Waals surface area contributed by atoms with Crippen LogP contribution >= 0.6 is 0 Å². The minimum absolute atomic E-state index is 0.107. The van der Waals surface area contributed by atoms with Crippen molar-refractivity contribution in [1.82, 2.24) is 9.78 Å². The molecule has 0 unspecified atom stereocenters. The van der Waals surface area contributed by atoms with E-state index in [1.807, 2.05) is 20.9 Å². The maximum Gasteiger partial charge on any atom is 0.189 e. The summed E-state index contributed by atoms with van der Waals surface area (Å²) in [6, 6.07) is 12.5. The summed E-state index contributed by atoms with van der Waals surface area (Å²) < 4.78 is 13.0. The Bertz CT molecular complexity index is 1030. The van der Waals surface area contributed by atoms with Crippen LogP contribution in [0.3, 0.4) is 0 Å². The molecule has 6 nitrogen and oxygen atoms in total. The number of rotatable bonds is 6. The Kier molecular flexibility index (Phi) is 5.23. The molecule has 0 fully saturated rings. The third-order valence-corrected chi connectivity index (χ3v) is 4.20. The van der Waals surface area contributed by atoms with Crippen LogP contribution in [0.2, 0.25) is 0 Å². The molecule has 0 saturated carbocycles. The van der Waals surface area contributed by atoms with Crippen LogP contribution in [0.5, 0.6) is 5.75 Å². The summed E-state index contributed by atoms with van der Waals surface area (Å²) in [5, 5.41) is 13.1. The molecule has 0 aliphatic carbocycles. The van der Waals surface area contributed by atoms with Crippen molar-refractivity contribution in [2.45, 2.75) is 20.5 Å². The van der Waals surface area contributed by atoms with Gasteiger partial charge in [-0.2, -0.15) is 10.4 Å². The van der Waals surface area contributed by atoms with Crippen LogP contribution in [0.15, 0.2) is 46.9 Å². The molecule has 136 valence electrons. The second-order valence-corrected chi connectivity index (χ2v) is 6.10. The third-order valence-electron chi connectivity index (χ3n) is 4.20. The van der Waals surface area contributed by atoms with Gasteiger partial charge in [0.2, 0.25) is 0 Å². The summed E-state index contributed by atoms with van der Waals surface area (Å²) in [6.45, 7) is 3.95. The summed E-state index contributed by atoms with van der Waals surface area (Å²) in [6.07, 6.45) is 3.13. The van der Waals surface area contributed by atoms with E-state index in [0.717, 1.165) is 5.69 Å². The number of furan rings is 1. The quantitative estimate of drug-likeness (QED) is 0.490. The molecule has 3 aromatic rings. The Morgan fingerprint density at radius 3 is 2.63 bits per heavy atom. The number of hydrogen-bond donors (Lipinski definition) is 0. The van der Waals surface area contributed by atoms with Gasteiger partial charge in [0.25, 0.3) is 0 Å². The van der Waals surface area contributed by atoms with Crippen LogP contribution in [0, 0.1) is 25.2 Å². The van der Waals surface area contributed by atoms with Crippen molar-refractivity contribution in [2.24, 2.45) is 7.05 Å². The van der Waals surface area contributed by atoms with Gasteiger partial charge >= 0.3 is 0 Å². The molecular formula is C21H19N3O3. The predicted molar refractivity (Wildman–Crippen MR) is 100 cm³/mol. The lowest BCUT2D eigenvalue weighted by atomic mass is 10.1. The fourth-order valence-corrected chi connectivity index (χ4v) is 2.71. The van der Waals surface area contributed by atoms with Crippen LogP contribution in [-0.4, -0.2) is 15.6 Å². The van der Waals surface area contributed by atoms with Crippen molar-refractivity contribution >= 4 is 11.9 Å². The molecule has 0 aliphatic heterocycles. The monoisotopic (exact) mass is 361 g/mol. The first-order valence-corrected chi connectivity index (χ1v) is 8.42. The lowest BCUT2D eigenvalue weighted by molar-refractivity contribution is 0.104. The molecule has 0 N–H and O–H groups in total. The van der Waals surface area contributed by atoms with E-state index >= 15 is 0 Å². The van der Waals surface area contributed by atoms with Gasteiger partial charge in [0.05, 0.1) is 22.9 Å². The molecule has 0 amide bonds. The largest absolute Gasteiger partial charge is 0.486 e. The summed E-state index contributed by atoms with van der Waals surface area (Å²) in [5.74, 6) is 1.76. The van der Waals surface area contributed by atoms with Crippen molar-refractivity contribution in [3.63, 3.8) is 0 Å². The number of ether oxygens (including phenoxy) is 1. The molecule has 6 heteroatoms. The minimum atomic E-state index is -0.107. The van der Waals surface area contributed by atoms with Crippen LogP contribution in [0.25, 0.3) is 6.08 Å². The van der Waals surface area contributed by atoms with Crippen molar-refractivity contribution in [3.8, 4) is 11.8 Å². The van der Waals surface area contributed by atoms with E-state index in [0.29, 0.717) is 34.1 Å². The van der Waals surface area contributed by atoms with E-state index in [1.54, 1.807) is 47.2 Å². The fraction of sp³-hybridized carbons (Fsp3) is 0.190. The normalized spacial score (nSPS) is 10.9. The van der Waals surface area contributed by atoms with Gasteiger partial charge in [-0.3, -0.25) is 9.48 Å². The standard InChI is InChI=1S/C21H19N3O3/c1-14-21(15(2)24(3)23-14)20(25)11-10-18-8-9-19(27-18)13-26-17-6-4-16(12-22)5-7-17/h4-11H,13H2,1-3H3/b11-10+. The number of ketones is 1. The number of carbonyl (C=O) groups excluding carboxylic acids is 1. The zero-order valence-corrected chi connectivity index (χ0v) is 15.4. The average Bonchev–Trinajstić information content (AvgIpc) is 3.22. The Balaban J connectivity index is 1.62. The van der Waals surface area contributed by atoms with E-state index < -0.39 is 0 Å². The molecule has 2 aromatic heterocycles. The fourth-order valence-electron chi connectivity index (χ4n) is 2.71. The third kappa shape index (κ3) is 4.15. The zero-order valence-electron chi connectivity index (χ0n) is 15.4. The molecule has 27 heavy (non-hydrogen) atoms. The van der Waals surface area contributed by atoms with Crippen LogP contribution in [0.4, 0.5) is 0 Å². The highest BCUT2D eigenvalue weighted by Crippen LogP contribution is 2.17. The first-order chi connectivity index (χ1) is 13.0. The number of aryl methyl sites for hydroxylation is 2. The Hall–Kier alpha value is -3.59. The van der Waals surface area contributed by atoms with Crippen molar-refractivity contribution in [1.29, 1.82) is 5.26 Å². The van der Waals surface area contributed by atoms with Gasteiger partial charge in [-0.05, 0) is 62.4 Å². The molecule has 0 aliphatic rings. The van der Waals surface area contributed by atoms with Gasteiger partial charge in [-0.15, -0.1) is 0 Å². The summed E-state index contributed by atoms with van der Waals surface area (Å²) >= 11 is 0. The number of carbonyl (C=O) groups is 1. The Labute approximate surface area is 157 Å². The van der Waals surface area contributed by atoms with Crippen LogP contribution in [0.1, 0.15) is 38.8 Å². The predicted octanol–water partition coefficient (Wildman–Crippen LogP) is 3.98. The number of benzene rings is 1. The topological polar surface area (TPSA) is 81.0 Å². The first-order valence-electron chi connectivity index (χ1n) is 8.42. The Morgan fingerprint density at radius 1 is 1.26 bits per heavy atom. The Morgan fingerprint density at radius 2 is 2.00 bits per heavy atom. The lowest BCUT2D eigenvalue weighted by Gasteiger charge is -2.03. The van der Waals surface area contributed by atoms with Crippen molar-refractivity contribution in [3.05, 3.63) is 76.5 Å². The number of nitriles is 1. The van der Waals surface area contributed by atoms with Crippen LogP contribution < -0.4 is 4.74 Å². The molecule has 0 spiro atoms. The highest BCUT2D eigenvalue weighted by Gasteiger charge is 2.15. The second-order valence-electron chi connectivity index (χ2n) is 6.10. The first kappa shape index (κ1) is 18.2. The highest BCUT2D eigenvalue weighted by atomic mass is 16.5. The summed E-state index contributed by atoms with van der Waals surface area (Å²) in [7, 11) is 1.81. The van der Waals surface area contributed by atoms with Gasteiger partial charge in [0.15, 0.2) is 5.78 Å².